The van der Waals surface area contributed by atoms with E-state index in [9.17, 15) is 13.2 Å². The second-order valence-corrected chi connectivity index (χ2v) is 7.47. The summed E-state index contributed by atoms with van der Waals surface area (Å²) in [5.41, 5.74) is 0.964. The van der Waals surface area contributed by atoms with Crippen molar-refractivity contribution in [1.82, 2.24) is 4.72 Å². The highest BCUT2D eigenvalue weighted by Crippen LogP contribution is 2.22. The number of nitrogens with one attached hydrogen (secondary N) is 1. The molecule has 0 unspecified atom stereocenters. The van der Waals surface area contributed by atoms with Crippen molar-refractivity contribution >= 4 is 38.9 Å². The fourth-order valence-corrected chi connectivity index (χ4v) is 4.30. The van der Waals surface area contributed by atoms with Crippen molar-refractivity contribution < 1.29 is 17.9 Å². The van der Waals surface area contributed by atoms with Gasteiger partial charge in [0, 0.05) is 11.6 Å². The Balaban J connectivity index is 2.04. The molecule has 0 aliphatic rings. The van der Waals surface area contributed by atoms with Crippen LogP contribution >= 0.6 is 22.9 Å². The van der Waals surface area contributed by atoms with E-state index in [1.54, 1.807) is 17.5 Å². The van der Waals surface area contributed by atoms with Gasteiger partial charge in [0.2, 0.25) is 10.0 Å². The highest BCUT2D eigenvalue weighted by molar-refractivity contribution is 7.89. The molecule has 22 heavy (non-hydrogen) atoms. The van der Waals surface area contributed by atoms with E-state index in [0.29, 0.717) is 11.4 Å². The first-order valence-electron chi connectivity index (χ1n) is 6.34. The molecule has 1 aromatic carbocycles. The normalized spacial score (nSPS) is 11.4. The molecule has 1 heterocycles. The third kappa shape index (κ3) is 4.07. The number of esters is 1. The van der Waals surface area contributed by atoms with Crippen LogP contribution in [0.5, 0.6) is 0 Å². The van der Waals surface area contributed by atoms with Gasteiger partial charge in [-0.15, -0.1) is 11.3 Å². The largest absolute Gasteiger partial charge is 0.465 e. The Hall–Kier alpha value is -1.41. The van der Waals surface area contributed by atoms with E-state index in [1.807, 2.05) is 12.1 Å². The number of hydrogen-bond donors (Lipinski definition) is 1. The van der Waals surface area contributed by atoms with E-state index in [1.165, 1.54) is 13.2 Å². The Bertz CT molecular complexity index is 753. The average molecular weight is 360 g/mol. The molecule has 0 saturated carbocycles. The maximum Gasteiger partial charge on any atom is 0.349 e. The molecule has 2 aromatic rings. The van der Waals surface area contributed by atoms with Gasteiger partial charge in [0.25, 0.3) is 0 Å². The van der Waals surface area contributed by atoms with Crippen LogP contribution in [0.3, 0.4) is 0 Å². The Morgan fingerprint density at radius 1 is 1.27 bits per heavy atom. The van der Waals surface area contributed by atoms with E-state index >= 15 is 0 Å². The smallest absolute Gasteiger partial charge is 0.349 e. The van der Waals surface area contributed by atoms with Crippen LogP contribution in [0.15, 0.2) is 40.6 Å². The van der Waals surface area contributed by atoms with Gasteiger partial charge in [-0.1, -0.05) is 23.7 Å². The first kappa shape index (κ1) is 17.0. The van der Waals surface area contributed by atoms with Gasteiger partial charge in [-0.05, 0) is 35.6 Å². The van der Waals surface area contributed by atoms with Crippen molar-refractivity contribution in [2.24, 2.45) is 0 Å². The van der Waals surface area contributed by atoms with E-state index in [0.717, 1.165) is 16.9 Å². The molecule has 1 N–H and O–H groups in total. The van der Waals surface area contributed by atoms with Crippen LogP contribution in [0.4, 0.5) is 0 Å². The van der Waals surface area contributed by atoms with Crippen LogP contribution in [-0.4, -0.2) is 28.0 Å². The number of hydrogen-bond acceptors (Lipinski definition) is 5. The molecule has 0 bridgehead atoms. The lowest BCUT2D eigenvalue weighted by atomic mass is 10.2. The minimum Gasteiger partial charge on any atom is -0.465 e. The Kier molecular flexibility index (Phi) is 5.57. The third-order valence-electron chi connectivity index (χ3n) is 2.91. The van der Waals surface area contributed by atoms with Crippen LogP contribution in [0, 0.1) is 0 Å². The van der Waals surface area contributed by atoms with Crippen molar-refractivity contribution in [1.29, 1.82) is 0 Å². The number of carbonyl (C=O) groups is 1. The fraction of sp³-hybridized carbons (Fsp3) is 0.214. The molecule has 0 saturated heterocycles. The minimum atomic E-state index is -3.75. The van der Waals surface area contributed by atoms with Crippen LogP contribution in [0.2, 0.25) is 5.02 Å². The summed E-state index contributed by atoms with van der Waals surface area (Å²) in [5.74, 6) is -0.659. The SMILES string of the molecule is COC(=O)c1sccc1S(=O)(=O)NCCc1ccc(Cl)cc1. The van der Waals surface area contributed by atoms with Gasteiger partial charge in [0.05, 0.1) is 7.11 Å². The molecule has 118 valence electrons. The zero-order chi connectivity index (χ0) is 16.2. The average Bonchev–Trinajstić information content (AvgIpc) is 2.99. The maximum atomic E-state index is 12.2. The monoisotopic (exact) mass is 359 g/mol. The summed E-state index contributed by atoms with van der Waals surface area (Å²) in [7, 11) is -2.53. The summed E-state index contributed by atoms with van der Waals surface area (Å²) in [6.45, 7) is 0.223. The molecule has 0 atom stereocenters. The van der Waals surface area contributed by atoms with Crippen LogP contribution in [-0.2, 0) is 21.2 Å². The van der Waals surface area contributed by atoms with Gasteiger partial charge in [-0.3, -0.25) is 0 Å². The predicted molar refractivity (Wildman–Crippen MR) is 86.0 cm³/mol. The summed E-state index contributed by atoms with van der Waals surface area (Å²) in [6.07, 6.45) is 0.522. The highest BCUT2D eigenvalue weighted by Gasteiger charge is 2.24. The van der Waals surface area contributed by atoms with Gasteiger partial charge >= 0.3 is 5.97 Å². The topological polar surface area (TPSA) is 72.5 Å². The maximum absolute atomic E-state index is 12.2. The number of halogens is 1. The first-order valence-corrected chi connectivity index (χ1v) is 9.08. The van der Waals surface area contributed by atoms with Crippen molar-refractivity contribution in [3.8, 4) is 0 Å². The molecule has 0 amide bonds. The van der Waals surface area contributed by atoms with Crippen LogP contribution in [0.25, 0.3) is 0 Å². The molecule has 0 radical (unpaired) electrons. The molecule has 2 rings (SSSR count). The molecule has 5 nitrogen and oxygen atoms in total. The van der Waals surface area contributed by atoms with E-state index in [2.05, 4.69) is 9.46 Å². The van der Waals surface area contributed by atoms with Crippen LogP contribution in [0.1, 0.15) is 15.2 Å². The minimum absolute atomic E-state index is 0.0551. The van der Waals surface area contributed by atoms with E-state index < -0.39 is 16.0 Å². The second-order valence-electron chi connectivity index (χ2n) is 4.38. The van der Waals surface area contributed by atoms with Gasteiger partial charge < -0.3 is 4.74 Å². The molecule has 0 spiro atoms. The van der Waals surface area contributed by atoms with Crippen molar-refractivity contribution in [2.45, 2.75) is 11.3 Å². The third-order valence-corrected chi connectivity index (χ3v) is 5.69. The molecule has 1 aromatic heterocycles. The summed E-state index contributed by atoms with van der Waals surface area (Å²) < 4.78 is 31.6. The quantitative estimate of drug-likeness (QED) is 0.805. The lowest BCUT2D eigenvalue weighted by Gasteiger charge is -2.07. The lowest BCUT2D eigenvalue weighted by Crippen LogP contribution is -2.27. The molecule has 0 aliphatic heterocycles. The number of carbonyl (C=O) groups excluding carboxylic acids is 1. The van der Waals surface area contributed by atoms with Gasteiger partial charge in [-0.25, -0.2) is 17.9 Å². The van der Waals surface area contributed by atoms with E-state index in [-0.39, 0.29) is 16.3 Å². The zero-order valence-corrected chi connectivity index (χ0v) is 14.1. The Labute approximate surface area is 137 Å². The van der Waals surface area contributed by atoms with Gasteiger partial charge in [0.15, 0.2) is 0 Å². The number of thiophene rings is 1. The summed E-state index contributed by atoms with van der Waals surface area (Å²) in [6, 6.07) is 8.56. The number of rotatable bonds is 6. The summed E-state index contributed by atoms with van der Waals surface area (Å²) in [5, 5.41) is 2.17. The van der Waals surface area contributed by atoms with Crippen molar-refractivity contribution in [3.63, 3.8) is 0 Å². The van der Waals surface area contributed by atoms with Crippen LogP contribution < -0.4 is 4.72 Å². The van der Waals surface area contributed by atoms with Crippen molar-refractivity contribution in [2.75, 3.05) is 13.7 Å². The lowest BCUT2D eigenvalue weighted by molar-refractivity contribution is 0.0602. The van der Waals surface area contributed by atoms with Gasteiger partial charge in [-0.2, -0.15) is 0 Å². The molecular weight excluding hydrogens is 346 g/mol. The molecular formula is C14H14ClNO4S2. The number of sulfonamides is 1. The number of benzene rings is 1. The Morgan fingerprint density at radius 3 is 2.59 bits per heavy atom. The van der Waals surface area contributed by atoms with Gasteiger partial charge in [0.1, 0.15) is 9.77 Å². The number of methoxy groups -OCH3 is 1. The van der Waals surface area contributed by atoms with Crippen molar-refractivity contribution in [3.05, 3.63) is 51.2 Å². The summed E-state index contributed by atoms with van der Waals surface area (Å²) in [4.78, 5) is 11.6. The second kappa shape index (κ2) is 7.23. The molecule has 8 heteroatoms. The predicted octanol–water partition coefficient (Wildman–Crippen LogP) is 2.71. The number of ether oxygens (including phenoxy) is 1. The molecule has 0 aliphatic carbocycles. The Morgan fingerprint density at radius 2 is 1.95 bits per heavy atom. The standard InChI is InChI=1S/C14H14ClNO4S2/c1-20-14(17)13-12(7-9-21-13)22(18,19)16-8-6-10-2-4-11(15)5-3-10/h2-5,7,9,16H,6,8H2,1H3. The van der Waals surface area contributed by atoms with E-state index in [4.69, 9.17) is 11.6 Å². The zero-order valence-electron chi connectivity index (χ0n) is 11.7. The molecule has 0 fully saturated rings. The summed E-state index contributed by atoms with van der Waals surface area (Å²) >= 11 is 6.82. The highest BCUT2D eigenvalue weighted by atomic mass is 35.5. The first-order chi connectivity index (χ1) is 10.4. The fourth-order valence-electron chi connectivity index (χ4n) is 1.81.